The van der Waals surface area contributed by atoms with Gasteiger partial charge in [0.2, 0.25) is 15.9 Å². The molecule has 0 radical (unpaired) electrons. The average Bonchev–Trinajstić information content (AvgIpc) is 2.83. The highest BCUT2D eigenvalue weighted by molar-refractivity contribution is 9.10. The molecule has 1 aliphatic heterocycles. The summed E-state index contributed by atoms with van der Waals surface area (Å²) in [6, 6.07) is 7.63. The van der Waals surface area contributed by atoms with E-state index < -0.39 is 10.0 Å². The molecule has 3 rings (SSSR count). The van der Waals surface area contributed by atoms with Crippen molar-refractivity contribution in [2.75, 3.05) is 26.2 Å². The number of hydrogen-bond acceptors (Lipinski definition) is 5. The number of carbonyl (C=O) groups excluding carboxylic acids is 1. The third-order valence-corrected chi connectivity index (χ3v) is 7.31. The summed E-state index contributed by atoms with van der Waals surface area (Å²) in [7, 11) is -3.68. The van der Waals surface area contributed by atoms with Gasteiger partial charge in [-0.25, -0.2) is 8.42 Å². The van der Waals surface area contributed by atoms with Crippen LogP contribution in [-0.2, 0) is 21.2 Å². The van der Waals surface area contributed by atoms with Crippen LogP contribution in [0.4, 0.5) is 0 Å². The molecule has 0 bridgehead atoms. The molecular formula is C18H22BrN3O4S. The Labute approximate surface area is 167 Å². The Morgan fingerprint density at radius 3 is 2.48 bits per heavy atom. The molecule has 0 aliphatic carbocycles. The second-order valence-electron chi connectivity index (χ2n) is 6.59. The van der Waals surface area contributed by atoms with Crippen LogP contribution >= 0.6 is 15.9 Å². The van der Waals surface area contributed by atoms with E-state index in [-0.39, 0.29) is 17.3 Å². The van der Waals surface area contributed by atoms with E-state index in [1.807, 2.05) is 24.3 Å². The Morgan fingerprint density at radius 2 is 1.85 bits per heavy atom. The zero-order valence-electron chi connectivity index (χ0n) is 15.3. The van der Waals surface area contributed by atoms with E-state index in [0.717, 1.165) is 10.0 Å². The first-order valence-electron chi connectivity index (χ1n) is 8.74. The quantitative estimate of drug-likeness (QED) is 0.706. The van der Waals surface area contributed by atoms with Crippen LogP contribution in [0.1, 0.15) is 23.4 Å². The number of hydrogen-bond donors (Lipinski definition) is 0. The first kappa shape index (κ1) is 20.0. The zero-order valence-corrected chi connectivity index (χ0v) is 17.7. The van der Waals surface area contributed by atoms with E-state index in [1.165, 1.54) is 4.31 Å². The van der Waals surface area contributed by atoms with Gasteiger partial charge in [0.25, 0.3) is 0 Å². The Bertz CT molecular complexity index is 905. The van der Waals surface area contributed by atoms with E-state index in [0.29, 0.717) is 43.9 Å². The predicted octanol–water partition coefficient (Wildman–Crippen LogP) is 2.52. The summed E-state index contributed by atoms with van der Waals surface area (Å²) < 4.78 is 33.3. The fourth-order valence-corrected chi connectivity index (χ4v) is 5.27. The van der Waals surface area contributed by atoms with Crippen LogP contribution in [0, 0.1) is 13.8 Å². The van der Waals surface area contributed by atoms with Crippen molar-refractivity contribution in [2.45, 2.75) is 31.6 Å². The Morgan fingerprint density at radius 1 is 1.15 bits per heavy atom. The van der Waals surface area contributed by atoms with Gasteiger partial charge in [-0.2, -0.15) is 4.31 Å². The van der Waals surface area contributed by atoms with Crippen molar-refractivity contribution in [3.8, 4) is 0 Å². The molecule has 27 heavy (non-hydrogen) atoms. The number of halogens is 1. The molecule has 0 spiro atoms. The van der Waals surface area contributed by atoms with E-state index in [9.17, 15) is 13.2 Å². The minimum Gasteiger partial charge on any atom is -0.360 e. The Balaban J connectivity index is 1.68. The zero-order chi connectivity index (χ0) is 19.6. The molecule has 2 aromatic rings. The van der Waals surface area contributed by atoms with Crippen LogP contribution < -0.4 is 0 Å². The Kier molecular flexibility index (Phi) is 6.02. The molecule has 7 nitrogen and oxygen atoms in total. The van der Waals surface area contributed by atoms with Crippen molar-refractivity contribution in [3.05, 3.63) is 45.8 Å². The van der Waals surface area contributed by atoms with Crippen molar-refractivity contribution in [2.24, 2.45) is 0 Å². The third kappa shape index (κ3) is 4.41. The maximum Gasteiger partial charge on any atom is 0.248 e. The van der Waals surface area contributed by atoms with E-state index in [1.54, 1.807) is 18.7 Å². The fourth-order valence-electron chi connectivity index (χ4n) is 3.24. The van der Waals surface area contributed by atoms with Crippen LogP contribution in [0.25, 0.3) is 0 Å². The van der Waals surface area contributed by atoms with Crippen molar-refractivity contribution >= 4 is 31.9 Å². The molecule has 1 saturated heterocycles. The molecule has 0 unspecified atom stereocenters. The van der Waals surface area contributed by atoms with Gasteiger partial charge in [0, 0.05) is 30.7 Å². The highest BCUT2D eigenvalue weighted by Gasteiger charge is 2.32. The highest BCUT2D eigenvalue weighted by Crippen LogP contribution is 2.24. The molecule has 2 heterocycles. The van der Waals surface area contributed by atoms with Crippen LogP contribution in [0.5, 0.6) is 0 Å². The fraction of sp³-hybridized carbons (Fsp3) is 0.444. The molecule has 1 aromatic heterocycles. The third-order valence-electron chi connectivity index (χ3n) is 4.64. The molecule has 0 N–H and O–H groups in total. The number of benzene rings is 1. The second kappa shape index (κ2) is 8.12. The van der Waals surface area contributed by atoms with Gasteiger partial charge in [-0.1, -0.05) is 33.2 Å². The smallest absolute Gasteiger partial charge is 0.248 e. The van der Waals surface area contributed by atoms with Gasteiger partial charge in [-0.05, 0) is 38.0 Å². The normalized spacial score (nSPS) is 16.3. The van der Waals surface area contributed by atoms with Gasteiger partial charge < -0.3 is 9.42 Å². The van der Waals surface area contributed by atoms with Gasteiger partial charge in [0.1, 0.15) is 10.6 Å². The summed E-state index contributed by atoms with van der Waals surface area (Å²) in [4.78, 5) is 14.5. The molecule has 146 valence electrons. The maximum absolute atomic E-state index is 13.0. The topological polar surface area (TPSA) is 83.7 Å². The summed E-state index contributed by atoms with van der Waals surface area (Å²) in [6.45, 7) is 4.77. The van der Waals surface area contributed by atoms with Crippen LogP contribution in [0.2, 0.25) is 0 Å². The van der Waals surface area contributed by atoms with Gasteiger partial charge >= 0.3 is 0 Å². The summed E-state index contributed by atoms with van der Waals surface area (Å²) >= 11 is 3.38. The average molecular weight is 456 g/mol. The van der Waals surface area contributed by atoms with E-state index in [2.05, 4.69) is 21.1 Å². The molecule has 1 aromatic carbocycles. The van der Waals surface area contributed by atoms with Gasteiger partial charge in [-0.15, -0.1) is 0 Å². The SMILES string of the molecule is Cc1noc(C)c1S(=O)(=O)N1CCCN(C(=O)Cc2ccc(Br)cc2)CC1. The maximum atomic E-state index is 13.0. The molecule has 9 heteroatoms. The van der Waals surface area contributed by atoms with Crippen molar-refractivity contribution in [3.63, 3.8) is 0 Å². The molecule has 1 amide bonds. The predicted molar refractivity (Wildman–Crippen MR) is 104 cm³/mol. The number of aryl methyl sites for hydroxylation is 2. The number of carbonyl (C=O) groups is 1. The molecule has 0 atom stereocenters. The number of sulfonamides is 1. The molecule has 1 fully saturated rings. The lowest BCUT2D eigenvalue weighted by atomic mass is 10.1. The van der Waals surface area contributed by atoms with Gasteiger partial charge in [-0.3, -0.25) is 4.79 Å². The first-order chi connectivity index (χ1) is 12.8. The lowest BCUT2D eigenvalue weighted by Crippen LogP contribution is -2.38. The lowest BCUT2D eigenvalue weighted by molar-refractivity contribution is -0.130. The largest absolute Gasteiger partial charge is 0.360 e. The highest BCUT2D eigenvalue weighted by atomic mass is 79.9. The van der Waals surface area contributed by atoms with E-state index in [4.69, 9.17) is 4.52 Å². The van der Waals surface area contributed by atoms with Crippen LogP contribution in [0.15, 0.2) is 38.2 Å². The minimum absolute atomic E-state index is 0.00825. The standard InChI is InChI=1S/C18H22BrN3O4S/c1-13-18(14(2)26-20-13)27(24,25)22-9-3-8-21(10-11-22)17(23)12-15-4-6-16(19)7-5-15/h4-7H,3,8-12H2,1-2H3. The van der Waals surface area contributed by atoms with Crippen molar-refractivity contribution in [1.82, 2.24) is 14.4 Å². The molecule has 1 aliphatic rings. The number of aromatic nitrogens is 1. The van der Waals surface area contributed by atoms with Crippen LogP contribution in [-0.4, -0.2) is 54.9 Å². The summed E-state index contributed by atoms with van der Waals surface area (Å²) in [5, 5.41) is 3.75. The minimum atomic E-state index is -3.68. The lowest BCUT2D eigenvalue weighted by Gasteiger charge is -2.22. The summed E-state index contributed by atoms with van der Waals surface area (Å²) in [5.41, 5.74) is 1.30. The van der Waals surface area contributed by atoms with Crippen molar-refractivity contribution < 1.29 is 17.7 Å². The van der Waals surface area contributed by atoms with E-state index >= 15 is 0 Å². The summed E-state index contributed by atoms with van der Waals surface area (Å²) in [5.74, 6) is 0.300. The first-order valence-corrected chi connectivity index (χ1v) is 11.0. The summed E-state index contributed by atoms with van der Waals surface area (Å²) in [6.07, 6.45) is 0.901. The van der Waals surface area contributed by atoms with Gasteiger partial charge in [0.05, 0.1) is 6.42 Å². The Hall–Kier alpha value is -1.71. The molecular weight excluding hydrogens is 434 g/mol. The van der Waals surface area contributed by atoms with Crippen molar-refractivity contribution in [1.29, 1.82) is 0 Å². The number of rotatable bonds is 4. The molecule has 0 saturated carbocycles. The van der Waals surface area contributed by atoms with Gasteiger partial charge in [0.15, 0.2) is 5.76 Å². The number of amides is 1. The monoisotopic (exact) mass is 455 g/mol. The number of nitrogens with zero attached hydrogens (tertiary/aromatic N) is 3. The van der Waals surface area contributed by atoms with Crippen LogP contribution in [0.3, 0.4) is 0 Å². The second-order valence-corrected chi connectivity index (χ2v) is 9.39.